The molecule has 6 aromatic rings. The van der Waals surface area contributed by atoms with Crippen LogP contribution in [-0.2, 0) is 27.1 Å². The van der Waals surface area contributed by atoms with Gasteiger partial charge in [-0.25, -0.2) is 42.0 Å². The van der Waals surface area contributed by atoms with E-state index in [1.807, 2.05) is 31.4 Å². The summed E-state index contributed by atoms with van der Waals surface area (Å²) in [7, 11) is -6.06. The van der Waals surface area contributed by atoms with Gasteiger partial charge in [0.2, 0.25) is 31.9 Å². The smallest absolute Gasteiger partial charge is 0.238 e. The van der Waals surface area contributed by atoms with Crippen LogP contribution in [0, 0.1) is 13.8 Å². The number of nitrogens with zero attached hydrogens (tertiary/aromatic N) is 7. The molecule has 6 N–H and O–H groups in total. The Labute approximate surface area is 270 Å². The number of aryl methyl sites for hydroxylation is 3. The average Bonchev–Trinajstić information content (AvgIpc) is 3.38. The van der Waals surface area contributed by atoms with Crippen molar-refractivity contribution in [2.75, 3.05) is 15.5 Å². The molecule has 3 aromatic carbocycles. The van der Waals surface area contributed by atoms with Gasteiger partial charge in [0, 0.05) is 42.4 Å². The van der Waals surface area contributed by atoms with Gasteiger partial charge in [-0.05, 0) is 79.6 Å². The molecule has 6 rings (SSSR count). The summed E-state index contributed by atoms with van der Waals surface area (Å²) in [4.78, 5) is 20.0. The van der Waals surface area contributed by atoms with E-state index < -0.39 is 20.0 Å². The fraction of sp³-hybridized carbons (Fsp3) is 0.100. The predicted octanol–water partition coefficient (Wildman–Crippen LogP) is 4.02. The summed E-state index contributed by atoms with van der Waals surface area (Å²) in [5.74, 6) is 1.08. The molecule has 17 heteroatoms. The first-order valence-corrected chi connectivity index (χ1v) is 17.0. The number of aromatic nitrogens is 6. The van der Waals surface area contributed by atoms with Gasteiger partial charge in [0.05, 0.1) is 21.0 Å². The molecule has 240 valence electrons. The van der Waals surface area contributed by atoms with Crippen LogP contribution in [0.25, 0.3) is 10.9 Å². The van der Waals surface area contributed by atoms with Gasteiger partial charge in [0.1, 0.15) is 11.6 Å². The van der Waals surface area contributed by atoms with Crippen molar-refractivity contribution in [3.8, 4) is 0 Å². The molecule has 0 spiro atoms. The van der Waals surface area contributed by atoms with Crippen molar-refractivity contribution >= 4 is 71.5 Å². The molecule has 0 atom stereocenters. The quantitative estimate of drug-likeness (QED) is 0.171. The summed E-state index contributed by atoms with van der Waals surface area (Å²) in [6, 6.07) is 18.4. The van der Waals surface area contributed by atoms with E-state index in [2.05, 4.69) is 25.7 Å². The Hall–Kier alpha value is -5.49. The van der Waals surface area contributed by atoms with Gasteiger partial charge in [0.15, 0.2) is 0 Å². The summed E-state index contributed by atoms with van der Waals surface area (Å²) in [6.45, 7) is 3.31. The molecule has 0 bridgehead atoms. The third-order valence-electron chi connectivity index (χ3n) is 7.08. The molecule has 0 saturated heterocycles. The number of primary sulfonamides is 2. The lowest BCUT2D eigenvalue weighted by atomic mass is 10.2. The van der Waals surface area contributed by atoms with Crippen LogP contribution in [0.15, 0.2) is 95.1 Å². The van der Waals surface area contributed by atoms with Crippen LogP contribution in [-0.4, -0.2) is 46.6 Å². The minimum absolute atomic E-state index is 0.00968. The van der Waals surface area contributed by atoms with Gasteiger partial charge < -0.3 is 10.6 Å². The molecule has 0 aliphatic heterocycles. The van der Waals surface area contributed by atoms with E-state index in [1.165, 1.54) is 24.5 Å². The van der Waals surface area contributed by atoms with Crippen molar-refractivity contribution in [3.63, 3.8) is 0 Å². The van der Waals surface area contributed by atoms with E-state index in [0.29, 0.717) is 45.3 Å². The minimum atomic E-state index is -3.94. The second-order valence-corrected chi connectivity index (χ2v) is 13.7. The van der Waals surface area contributed by atoms with Crippen molar-refractivity contribution in [1.82, 2.24) is 29.7 Å². The zero-order valence-electron chi connectivity index (χ0n) is 25.3. The van der Waals surface area contributed by atoms with E-state index in [1.54, 1.807) is 59.8 Å². The molecule has 47 heavy (non-hydrogen) atoms. The van der Waals surface area contributed by atoms with Crippen molar-refractivity contribution in [3.05, 3.63) is 96.4 Å². The molecule has 0 radical (unpaired) electrons. The molecule has 0 saturated carbocycles. The van der Waals surface area contributed by atoms with E-state index >= 15 is 0 Å². The summed E-state index contributed by atoms with van der Waals surface area (Å²) >= 11 is 0. The second-order valence-electron chi connectivity index (χ2n) is 10.7. The summed E-state index contributed by atoms with van der Waals surface area (Å²) in [5, 5.41) is 22.5. The summed E-state index contributed by atoms with van der Waals surface area (Å²) in [5.41, 5.74) is 3.23. The predicted molar refractivity (Wildman–Crippen MR) is 178 cm³/mol. The van der Waals surface area contributed by atoms with Gasteiger partial charge in [-0.2, -0.15) is 15.1 Å². The third kappa shape index (κ3) is 6.87. The molecule has 0 aliphatic carbocycles. The van der Waals surface area contributed by atoms with E-state index in [4.69, 9.17) is 20.2 Å². The lowest BCUT2D eigenvalue weighted by Crippen LogP contribution is -2.17. The maximum Gasteiger partial charge on any atom is 0.238 e. The molecular weight excluding hydrogens is 643 g/mol. The van der Waals surface area contributed by atoms with Crippen molar-refractivity contribution in [2.24, 2.45) is 17.3 Å². The molecule has 15 nitrogen and oxygen atoms in total. The molecule has 3 heterocycles. The Kier molecular flexibility index (Phi) is 8.06. The van der Waals surface area contributed by atoms with Crippen LogP contribution in [0.1, 0.15) is 11.1 Å². The maximum atomic E-state index is 12.1. The lowest BCUT2D eigenvalue weighted by Gasteiger charge is -2.22. The van der Waals surface area contributed by atoms with Gasteiger partial charge in [-0.1, -0.05) is 12.1 Å². The molecule has 3 aromatic heterocycles. The Morgan fingerprint density at radius 1 is 0.702 bits per heavy atom. The molecular formula is C30H29N11O4S2. The zero-order chi connectivity index (χ0) is 33.5. The van der Waals surface area contributed by atoms with Crippen LogP contribution in [0.3, 0.4) is 0 Å². The normalized spacial score (nSPS) is 11.9. The Morgan fingerprint density at radius 3 is 1.70 bits per heavy atom. The number of rotatable bonds is 9. The highest BCUT2D eigenvalue weighted by Gasteiger charge is 2.21. The number of nitrogens with one attached hydrogen (secondary N) is 2. The second kappa shape index (κ2) is 12.0. The first kappa shape index (κ1) is 31.5. The number of sulfonamides is 2. The maximum absolute atomic E-state index is 12.1. The monoisotopic (exact) mass is 671 g/mol. The number of hydrogen-bond donors (Lipinski definition) is 4. The number of hydrogen-bond acceptors (Lipinski definition) is 12. The SMILES string of the molecule is Cc1ccc(Nc2ccnc(N(c3ccc4cn(C)nc4c3)c3nccc(Nc4ccc(C)c(S(N)(=O)=O)c4)n3)n2)cc1S(N)(=O)=O. The fourth-order valence-electron chi connectivity index (χ4n) is 4.90. The summed E-state index contributed by atoms with van der Waals surface area (Å²) in [6.07, 6.45) is 4.96. The number of nitrogens with two attached hydrogens (primary N) is 2. The van der Waals surface area contributed by atoms with Crippen LogP contribution >= 0.6 is 0 Å². The molecule has 0 unspecified atom stereocenters. The first-order chi connectivity index (χ1) is 22.2. The van der Waals surface area contributed by atoms with Crippen LogP contribution < -0.4 is 25.8 Å². The van der Waals surface area contributed by atoms with Gasteiger partial charge in [-0.15, -0.1) is 0 Å². The fourth-order valence-corrected chi connectivity index (χ4v) is 6.52. The van der Waals surface area contributed by atoms with E-state index in [0.717, 1.165) is 5.39 Å². The number of benzene rings is 3. The number of anilines is 7. The molecule has 0 amide bonds. The third-order valence-corrected chi connectivity index (χ3v) is 9.19. The Balaban J connectivity index is 1.41. The zero-order valence-corrected chi connectivity index (χ0v) is 27.0. The Morgan fingerprint density at radius 2 is 1.21 bits per heavy atom. The summed E-state index contributed by atoms with van der Waals surface area (Å²) < 4.78 is 50.1. The van der Waals surface area contributed by atoms with Crippen molar-refractivity contribution < 1.29 is 16.8 Å². The highest BCUT2D eigenvalue weighted by molar-refractivity contribution is 7.89. The minimum Gasteiger partial charge on any atom is -0.340 e. The van der Waals surface area contributed by atoms with Gasteiger partial charge >= 0.3 is 0 Å². The molecule has 0 aliphatic rings. The van der Waals surface area contributed by atoms with Crippen LogP contribution in [0.2, 0.25) is 0 Å². The molecule has 0 fully saturated rings. The highest BCUT2D eigenvalue weighted by atomic mass is 32.2. The van der Waals surface area contributed by atoms with Crippen molar-refractivity contribution in [1.29, 1.82) is 0 Å². The number of fused-ring (bicyclic) bond motifs is 1. The van der Waals surface area contributed by atoms with Gasteiger partial charge in [-0.3, -0.25) is 4.68 Å². The van der Waals surface area contributed by atoms with E-state index in [-0.39, 0.29) is 21.7 Å². The highest BCUT2D eigenvalue weighted by Crippen LogP contribution is 2.33. The average molecular weight is 672 g/mol. The van der Waals surface area contributed by atoms with Crippen molar-refractivity contribution in [2.45, 2.75) is 23.6 Å². The standard InChI is InChI=1S/C30H29N11O4S2/c1-18-4-7-21(14-25(18)46(31,42)43)35-27-10-12-33-29(37-27)41(23-9-6-20-17-40(3)39-24(20)16-23)30-34-13-11-28(38-30)36-22-8-5-19(2)26(15-22)47(32,44)45/h4-17H,1-3H3,(H2,31,42,43)(H2,32,44,45)(H,33,35,37)(H,34,36,38). The Bertz CT molecular complexity index is 2250. The largest absolute Gasteiger partial charge is 0.340 e. The van der Waals surface area contributed by atoms with E-state index in [9.17, 15) is 16.8 Å². The van der Waals surface area contributed by atoms with Crippen LogP contribution in [0.4, 0.5) is 40.6 Å². The van der Waals surface area contributed by atoms with Crippen LogP contribution in [0.5, 0.6) is 0 Å². The topological polar surface area (TPSA) is 217 Å². The lowest BCUT2D eigenvalue weighted by molar-refractivity contribution is 0.595. The van der Waals surface area contributed by atoms with Gasteiger partial charge in [0.25, 0.3) is 0 Å². The first-order valence-electron chi connectivity index (χ1n) is 14.0.